The SMILES string of the molecule is CCC(C)COc1ccc(-c2ccc(OC(=O)c3ccc(OCCCC[Si]4(C)O[Si](C)O[Si](C)O[Si](C)O4)cc3)cc2)cc1. The quantitative estimate of drug-likeness (QED) is 0.0796. The molecule has 44 heavy (non-hydrogen) atoms. The number of rotatable bonds is 13. The molecule has 1 heterocycles. The highest BCUT2D eigenvalue weighted by Gasteiger charge is 2.40. The van der Waals surface area contributed by atoms with E-state index < -0.39 is 42.4 Å². The summed E-state index contributed by atoms with van der Waals surface area (Å²) < 4.78 is 41.8. The molecular formula is C32H43O8Si4. The van der Waals surface area contributed by atoms with Crippen LogP contribution in [-0.4, -0.2) is 55.6 Å². The largest absolute Gasteiger partial charge is 0.494 e. The van der Waals surface area contributed by atoms with Crippen molar-refractivity contribution in [2.75, 3.05) is 13.2 Å². The van der Waals surface area contributed by atoms with Gasteiger partial charge in [-0.3, -0.25) is 0 Å². The van der Waals surface area contributed by atoms with E-state index in [-0.39, 0.29) is 0 Å². The monoisotopic (exact) mass is 667 g/mol. The molecule has 1 atom stereocenters. The van der Waals surface area contributed by atoms with Crippen molar-refractivity contribution in [3.8, 4) is 28.4 Å². The van der Waals surface area contributed by atoms with Gasteiger partial charge in [0.15, 0.2) is 0 Å². The van der Waals surface area contributed by atoms with Gasteiger partial charge in [0.1, 0.15) is 17.2 Å². The first kappa shape index (κ1) is 34.3. The lowest BCUT2D eigenvalue weighted by molar-refractivity contribution is 0.0734. The van der Waals surface area contributed by atoms with E-state index >= 15 is 0 Å². The van der Waals surface area contributed by atoms with Crippen LogP contribution in [0.1, 0.15) is 43.5 Å². The van der Waals surface area contributed by atoms with Crippen LogP contribution in [0.3, 0.4) is 0 Å². The molecule has 3 radical (unpaired) electrons. The van der Waals surface area contributed by atoms with Crippen molar-refractivity contribution in [1.82, 2.24) is 0 Å². The molecule has 4 rings (SSSR count). The topological polar surface area (TPSA) is 81.7 Å². The summed E-state index contributed by atoms with van der Waals surface area (Å²) in [5.41, 5.74) is 2.56. The molecular weight excluding hydrogens is 625 g/mol. The molecule has 3 aromatic carbocycles. The molecule has 0 bridgehead atoms. The molecule has 0 spiro atoms. The Morgan fingerprint density at radius 3 is 1.84 bits per heavy atom. The summed E-state index contributed by atoms with van der Waals surface area (Å²) in [7, 11) is -6.36. The van der Waals surface area contributed by atoms with Gasteiger partial charge in [-0.2, -0.15) is 0 Å². The highest BCUT2D eigenvalue weighted by atomic mass is 28.5. The summed E-state index contributed by atoms with van der Waals surface area (Å²) in [6, 6.07) is 23.4. The Hall–Kier alpha value is -2.56. The standard InChI is InChI=1S/C32H43O8Si4/c1-7-25(2)24-35-30-16-10-26(11-17-30)27-12-20-31(21-13-27)36-32(33)28-14-18-29(19-15-28)34-22-8-9-23-44(6)39-42(4)37-41(3)38-43(5)40-44/h10-21,25H,7-9,22-24H2,1-6H3. The van der Waals surface area contributed by atoms with E-state index in [9.17, 15) is 4.79 Å². The van der Waals surface area contributed by atoms with Gasteiger partial charge in [0.25, 0.3) is 0 Å². The van der Waals surface area contributed by atoms with Gasteiger partial charge in [-0.05, 0) is 111 Å². The van der Waals surface area contributed by atoms with Crippen molar-refractivity contribution in [3.63, 3.8) is 0 Å². The van der Waals surface area contributed by atoms with E-state index in [0.29, 0.717) is 36.2 Å². The Balaban J connectivity index is 1.19. The average molecular weight is 668 g/mol. The molecule has 0 saturated carbocycles. The minimum atomic E-state index is -2.34. The smallest absolute Gasteiger partial charge is 0.362 e. The Kier molecular flexibility index (Phi) is 13.0. The van der Waals surface area contributed by atoms with Gasteiger partial charge < -0.3 is 30.7 Å². The lowest BCUT2D eigenvalue weighted by Crippen LogP contribution is -2.52. The third-order valence-electron chi connectivity index (χ3n) is 7.16. The maximum Gasteiger partial charge on any atom is 0.362 e. The van der Waals surface area contributed by atoms with E-state index in [1.807, 2.05) is 56.0 Å². The fourth-order valence-electron chi connectivity index (χ4n) is 4.61. The van der Waals surface area contributed by atoms with Crippen molar-refractivity contribution in [1.29, 1.82) is 0 Å². The fourth-order valence-corrected chi connectivity index (χ4v) is 16.6. The van der Waals surface area contributed by atoms with E-state index in [1.54, 1.807) is 36.4 Å². The van der Waals surface area contributed by atoms with Crippen LogP contribution < -0.4 is 14.2 Å². The zero-order valence-corrected chi connectivity index (χ0v) is 30.5. The van der Waals surface area contributed by atoms with Crippen LogP contribution in [0.15, 0.2) is 72.8 Å². The molecule has 0 aromatic heterocycles. The van der Waals surface area contributed by atoms with Crippen molar-refractivity contribution >= 4 is 42.4 Å². The minimum absolute atomic E-state index is 0.414. The van der Waals surface area contributed by atoms with Gasteiger partial charge in [0.2, 0.25) is 0 Å². The summed E-state index contributed by atoms with van der Waals surface area (Å²) in [6.45, 7) is 13.7. The van der Waals surface area contributed by atoms with Gasteiger partial charge >= 0.3 is 42.4 Å². The van der Waals surface area contributed by atoms with E-state index in [2.05, 4.69) is 20.4 Å². The number of carbonyl (C=O) groups excluding carboxylic acids is 1. The second-order valence-electron chi connectivity index (χ2n) is 11.1. The molecule has 1 aliphatic rings. The van der Waals surface area contributed by atoms with Crippen LogP contribution in [0.4, 0.5) is 0 Å². The van der Waals surface area contributed by atoms with Crippen LogP contribution in [0.5, 0.6) is 17.2 Å². The van der Waals surface area contributed by atoms with Crippen LogP contribution in [0.25, 0.3) is 11.1 Å². The average Bonchev–Trinajstić information content (AvgIpc) is 2.99. The highest BCUT2D eigenvalue weighted by molar-refractivity contribution is 6.81. The molecule has 8 nitrogen and oxygen atoms in total. The maximum atomic E-state index is 12.7. The molecule has 3 aromatic rings. The Bertz CT molecular complexity index is 1290. The van der Waals surface area contributed by atoms with Crippen molar-refractivity contribution in [3.05, 3.63) is 78.4 Å². The first-order chi connectivity index (χ1) is 21.1. The molecule has 12 heteroatoms. The van der Waals surface area contributed by atoms with Gasteiger partial charge in [-0.1, -0.05) is 44.5 Å². The Morgan fingerprint density at radius 2 is 1.27 bits per heavy atom. The number of benzene rings is 3. The van der Waals surface area contributed by atoms with E-state index in [0.717, 1.165) is 42.2 Å². The zero-order chi connectivity index (χ0) is 31.5. The maximum absolute atomic E-state index is 12.7. The number of hydrogen-bond acceptors (Lipinski definition) is 8. The lowest BCUT2D eigenvalue weighted by Gasteiger charge is -2.35. The molecule has 1 unspecified atom stereocenters. The summed E-state index contributed by atoms with van der Waals surface area (Å²) in [5, 5.41) is 0. The Morgan fingerprint density at radius 1 is 0.750 bits per heavy atom. The number of ether oxygens (including phenoxy) is 3. The van der Waals surface area contributed by atoms with Gasteiger partial charge in [0, 0.05) is 0 Å². The third kappa shape index (κ3) is 10.8. The summed E-state index contributed by atoms with van der Waals surface area (Å²) in [5.74, 6) is 2.18. The van der Waals surface area contributed by atoms with Crippen LogP contribution in [0.2, 0.25) is 32.2 Å². The summed E-state index contributed by atoms with van der Waals surface area (Å²) in [4.78, 5) is 12.7. The molecule has 0 N–H and O–H groups in total. The molecule has 1 saturated heterocycles. The number of hydrogen-bond donors (Lipinski definition) is 0. The fraction of sp³-hybridized carbons (Fsp3) is 0.406. The second-order valence-corrected chi connectivity index (χ2v) is 20.1. The van der Waals surface area contributed by atoms with Crippen molar-refractivity contribution in [2.24, 2.45) is 5.92 Å². The van der Waals surface area contributed by atoms with Crippen LogP contribution >= 0.6 is 0 Å². The normalized spacial score (nSPS) is 17.0. The highest BCUT2D eigenvalue weighted by Crippen LogP contribution is 2.26. The number of carbonyl (C=O) groups is 1. The third-order valence-corrected chi connectivity index (χ3v) is 18.8. The number of unbranched alkanes of at least 4 members (excludes halogenated alkanes) is 1. The lowest BCUT2D eigenvalue weighted by atomic mass is 10.1. The minimum Gasteiger partial charge on any atom is -0.494 e. The van der Waals surface area contributed by atoms with Crippen LogP contribution in [-0.2, 0) is 16.5 Å². The van der Waals surface area contributed by atoms with Gasteiger partial charge in [-0.15, -0.1) is 0 Å². The van der Waals surface area contributed by atoms with E-state index in [1.165, 1.54) is 0 Å². The van der Waals surface area contributed by atoms with Crippen molar-refractivity contribution in [2.45, 2.75) is 65.3 Å². The van der Waals surface area contributed by atoms with Gasteiger partial charge in [-0.25, -0.2) is 4.79 Å². The van der Waals surface area contributed by atoms with Crippen LogP contribution in [0, 0.1) is 5.92 Å². The predicted molar refractivity (Wildman–Crippen MR) is 179 cm³/mol. The van der Waals surface area contributed by atoms with Crippen molar-refractivity contribution < 1.29 is 35.5 Å². The molecule has 235 valence electrons. The molecule has 0 aliphatic carbocycles. The summed E-state index contributed by atoms with van der Waals surface area (Å²) in [6.07, 6.45) is 2.89. The number of esters is 1. The predicted octanol–water partition coefficient (Wildman–Crippen LogP) is 7.66. The van der Waals surface area contributed by atoms with Gasteiger partial charge in [0.05, 0.1) is 18.8 Å². The summed E-state index contributed by atoms with van der Waals surface area (Å²) >= 11 is 0. The first-order valence-electron chi connectivity index (χ1n) is 15.1. The molecule has 1 fully saturated rings. The molecule has 1 aliphatic heterocycles. The first-order valence-corrected chi connectivity index (χ1v) is 23.1. The second kappa shape index (κ2) is 16.7. The molecule has 0 amide bonds. The van der Waals surface area contributed by atoms with E-state index in [4.69, 9.17) is 30.7 Å². The Labute approximate surface area is 268 Å². The zero-order valence-electron chi connectivity index (χ0n) is 26.5.